The number of benzene rings is 1. The monoisotopic (exact) mass is 283 g/mol. The minimum absolute atomic E-state index is 0.0563. The van der Waals surface area contributed by atoms with Crippen LogP contribution in [0.4, 0.5) is 14.9 Å². The maximum atomic E-state index is 13.5. The smallest absolute Gasteiger partial charge is 0.335 e. The van der Waals surface area contributed by atoms with Crippen molar-refractivity contribution >= 4 is 17.7 Å². The number of hydrogen-bond acceptors (Lipinski definition) is 3. The Morgan fingerprint density at radius 2 is 2.05 bits per heavy atom. The number of carbonyl (C=O) groups excluding carboxylic acids is 1. The average molecular weight is 283 g/mol. The van der Waals surface area contributed by atoms with Crippen molar-refractivity contribution in [2.75, 3.05) is 25.0 Å². The first-order valence-corrected chi connectivity index (χ1v) is 6.33. The molecular weight excluding hydrogens is 265 g/mol. The molecule has 6 nitrogen and oxygen atoms in total. The highest BCUT2D eigenvalue weighted by atomic mass is 19.1. The number of rotatable bonds is 7. The van der Waals surface area contributed by atoms with Crippen LogP contribution in [-0.2, 0) is 0 Å². The second-order valence-electron chi connectivity index (χ2n) is 4.09. The lowest BCUT2D eigenvalue weighted by molar-refractivity contribution is 0.0696. The molecule has 0 aliphatic carbocycles. The highest BCUT2D eigenvalue weighted by Gasteiger charge is 2.10. The number of carboxylic acids is 1. The third kappa shape index (κ3) is 5.23. The molecule has 1 aromatic rings. The Morgan fingerprint density at radius 1 is 1.30 bits per heavy atom. The van der Waals surface area contributed by atoms with Gasteiger partial charge in [-0.2, -0.15) is 0 Å². The van der Waals surface area contributed by atoms with E-state index in [4.69, 9.17) is 5.11 Å². The van der Waals surface area contributed by atoms with Crippen molar-refractivity contribution in [1.29, 1.82) is 0 Å². The summed E-state index contributed by atoms with van der Waals surface area (Å²) in [6, 6.07) is 2.79. The number of aromatic carboxylic acids is 1. The summed E-state index contributed by atoms with van der Waals surface area (Å²) in [5, 5.41) is 16.7. The zero-order chi connectivity index (χ0) is 15.0. The van der Waals surface area contributed by atoms with Crippen LogP contribution in [0.3, 0.4) is 0 Å². The van der Waals surface area contributed by atoms with Crippen LogP contribution in [0, 0.1) is 5.82 Å². The number of urea groups is 1. The molecule has 110 valence electrons. The van der Waals surface area contributed by atoms with Gasteiger partial charge in [0.1, 0.15) is 5.82 Å². The van der Waals surface area contributed by atoms with E-state index in [0.29, 0.717) is 6.54 Å². The van der Waals surface area contributed by atoms with E-state index < -0.39 is 17.8 Å². The predicted molar refractivity (Wildman–Crippen MR) is 73.5 cm³/mol. The summed E-state index contributed by atoms with van der Waals surface area (Å²) in [6.07, 6.45) is 0.766. The van der Waals surface area contributed by atoms with Gasteiger partial charge in [-0.3, -0.25) is 0 Å². The molecule has 4 N–H and O–H groups in total. The summed E-state index contributed by atoms with van der Waals surface area (Å²) in [7, 11) is 0. The number of anilines is 1. The molecule has 7 heteroatoms. The van der Waals surface area contributed by atoms with E-state index in [9.17, 15) is 14.0 Å². The van der Waals surface area contributed by atoms with Gasteiger partial charge < -0.3 is 21.1 Å². The Morgan fingerprint density at radius 3 is 2.65 bits per heavy atom. The number of hydrogen-bond donors (Lipinski definition) is 4. The second kappa shape index (κ2) is 8.11. The van der Waals surface area contributed by atoms with E-state index in [1.165, 1.54) is 12.1 Å². The third-order valence-electron chi connectivity index (χ3n) is 2.53. The summed E-state index contributed by atoms with van der Waals surface area (Å²) in [5.41, 5.74) is -0.224. The first-order chi connectivity index (χ1) is 9.54. The van der Waals surface area contributed by atoms with Crippen molar-refractivity contribution in [3.8, 4) is 0 Å². The molecule has 1 aromatic carbocycles. The number of carboxylic acid groups (broad SMARTS) is 1. The highest BCUT2D eigenvalue weighted by Crippen LogP contribution is 2.15. The molecule has 2 amide bonds. The van der Waals surface area contributed by atoms with Crippen LogP contribution in [0.25, 0.3) is 0 Å². The lowest BCUT2D eigenvalue weighted by Crippen LogP contribution is -2.31. The van der Waals surface area contributed by atoms with Crippen LogP contribution in [0.2, 0.25) is 0 Å². The van der Waals surface area contributed by atoms with Crippen LogP contribution in [0.1, 0.15) is 23.7 Å². The summed E-state index contributed by atoms with van der Waals surface area (Å²) in [4.78, 5) is 22.1. The van der Waals surface area contributed by atoms with Crippen LogP contribution >= 0.6 is 0 Å². The lowest BCUT2D eigenvalue weighted by atomic mass is 10.2. The Kier molecular flexibility index (Phi) is 6.45. The first kappa shape index (κ1) is 15.9. The molecule has 0 bridgehead atoms. The van der Waals surface area contributed by atoms with E-state index in [0.717, 1.165) is 25.6 Å². The lowest BCUT2D eigenvalue weighted by Gasteiger charge is -2.09. The second-order valence-corrected chi connectivity index (χ2v) is 4.09. The zero-order valence-corrected chi connectivity index (χ0v) is 11.2. The van der Waals surface area contributed by atoms with Crippen molar-refractivity contribution in [3.05, 3.63) is 29.6 Å². The predicted octanol–water partition coefficient (Wildman–Crippen LogP) is 1.65. The van der Waals surface area contributed by atoms with Crippen LogP contribution in [-0.4, -0.2) is 36.7 Å². The molecule has 0 radical (unpaired) electrons. The van der Waals surface area contributed by atoms with Crippen molar-refractivity contribution in [2.24, 2.45) is 0 Å². The largest absolute Gasteiger partial charge is 0.478 e. The van der Waals surface area contributed by atoms with Crippen LogP contribution < -0.4 is 16.0 Å². The fourth-order valence-corrected chi connectivity index (χ4v) is 1.51. The van der Waals surface area contributed by atoms with Gasteiger partial charge in [0.25, 0.3) is 0 Å². The molecule has 0 aliphatic heterocycles. The van der Waals surface area contributed by atoms with Crippen molar-refractivity contribution in [3.63, 3.8) is 0 Å². The molecule has 0 unspecified atom stereocenters. The molecule has 0 atom stereocenters. The molecule has 0 heterocycles. The van der Waals surface area contributed by atoms with E-state index in [-0.39, 0.29) is 11.3 Å². The van der Waals surface area contributed by atoms with Crippen molar-refractivity contribution in [1.82, 2.24) is 10.6 Å². The third-order valence-corrected chi connectivity index (χ3v) is 2.53. The molecule has 1 rings (SSSR count). The summed E-state index contributed by atoms with van der Waals surface area (Å²) in [5.74, 6) is -2.00. The Bertz CT molecular complexity index is 480. The maximum Gasteiger partial charge on any atom is 0.335 e. The Hall–Kier alpha value is -2.15. The van der Waals surface area contributed by atoms with Crippen LogP contribution in [0.5, 0.6) is 0 Å². The Balaban J connectivity index is 2.44. The molecule has 0 fully saturated rings. The van der Waals surface area contributed by atoms with Gasteiger partial charge in [-0.25, -0.2) is 14.0 Å². The van der Waals surface area contributed by atoms with Gasteiger partial charge in [-0.05, 0) is 37.7 Å². The summed E-state index contributed by atoms with van der Waals surface area (Å²) >= 11 is 0. The minimum Gasteiger partial charge on any atom is -0.478 e. The number of nitrogens with one attached hydrogen (secondary N) is 3. The topological polar surface area (TPSA) is 90.5 Å². The van der Waals surface area contributed by atoms with Crippen LogP contribution in [0.15, 0.2) is 18.2 Å². The van der Waals surface area contributed by atoms with Gasteiger partial charge in [0.15, 0.2) is 0 Å². The van der Waals surface area contributed by atoms with E-state index in [1.807, 2.05) is 6.92 Å². The highest BCUT2D eigenvalue weighted by molar-refractivity contribution is 5.91. The molecule has 20 heavy (non-hydrogen) atoms. The van der Waals surface area contributed by atoms with Crippen molar-refractivity contribution in [2.45, 2.75) is 13.3 Å². The normalized spacial score (nSPS) is 10.1. The molecule has 0 aliphatic rings. The molecule has 0 saturated carbocycles. The fourth-order valence-electron chi connectivity index (χ4n) is 1.51. The minimum atomic E-state index is -1.22. The van der Waals surface area contributed by atoms with Gasteiger partial charge in [-0.1, -0.05) is 6.92 Å². The number of carbonyl (C=O) groups is 2. The summed E-state index contributed by atoms with van der Waals surface area (Å²) in [6.45, 7) is 4.11. The summed E-state index contributed by atoms with van der Waals surface area (Å²) < 4.78 is 13.5. The van der Waals surface area contributed by atoms with Gasteiger partial charge in [0, 0.05) is 6.54 Å². The number of halogens is 1. The maximum absolute atomic E-state index is 13.5. The quantitative estimate of drug-likeness (QED) is 0.573. The van der Waals surface area contributed by atoms with Crippen molar-refractivity contribution < 1.29 is 19.1 Å². The van der Waals surface area contributed by atoms with E-state index in [1.54, 1.807) is 0 Å². The van der Waals surface area contributed by atoms with Gasteiger partial charge in [0.05, 0.1) is 11.3 Å². The molecule has 0 saturated heterocycles. The molecule has 0 aromatic heterocycles. The first-order valence-electron chi connectivity index (χ1n) is 6.33. The van der Waals surface area contributed by atoms with E-state index in [2.05, 4.69) is 16.0 Å². The fraction of sp³-hybridized carbons (Fsp3) is 0.385. The Labute approximate surface area is 116 Å². The number of amides is 2. The zero-order valence-electron chi connectivity index (χ0n) is 11.2. The van der Waals surface area contributed by atoms with E-state index >= 15 is 0 Å². The SMILES string of the molecule is CCNCCCNC(=O)Nc1ccc(C(=O)O)cc1F. The molecular formula is C13H18FN3O3. The van der Waals surface area contributed by atoms with Gasteiger partial charge >= 0.3 is 12.0 Å². The van der Waals surface area contributed by atoms with Gasteiger partial charge in [-0.15, -0.1) is 0 Å². The van der Waals surface area contributed by atoms with Gasteiger partial charge in [0.2, 0.25) is 0 Å². The molecule has 0 spiro atoms. The standard InChI is InChI=1S/C13H18FN3O3/c1-2-15-6-3-7-16-13(20)17-11-5-4-9(12(18)19)8-10(11)14/h4-5,8,15H,2-3,6-7H2,1H3,(H,18,19)(H2,16,17,20). The average Bonchev–Trinajstić information content (AvgIpc) is 2.40.